The standard InChI is InChI=1S/C21H16N4O4/c1-28-21(27)23-22-12-15-13-25(16-8-3-2-4-9-16)24-19(15)17-11-14-7-5-6-10-18(14)29-20(17)26/h2-13H,1H3,(H,23,27). The zero-order chi connectivity index (χ0) is 20.2. The molecule has 8 nitrogen and oxygen atoms in total. The fourth-order valence-electron chi connectivity index (χ4n) is 2.83. The van der Waals surface area contributed by atoms with Gasteiger partial charge >= 0.3 is 11.7 Å². The van der Waals surface area contributed by atoms with Crippen LogP contribution in [0.5, 0.6) is 0 Å². The van der Waals surface area contributed by atoms with E-state index in [1.165, 1.54) is 13.3 Å². The van der Waals surface area contributed by atoms with Gasteiger partial charge in [0.2, 0.25) is 0 Å². The number of nitrogens with zero attached hydrogens (tertiary/aromatic N) is 3. The van der Waals surface area contributed by atoms with Crippen molar-refractivity contribution in [2.75, 3.05) is 7.11 Å². The van der Waals surface area contributed by atoms with Crippen molar-refractivity contribution in [3.05, 3.63) is 82.8 Å². The second kappa shape index (κ2) is 7.81. The van der Waals surface area contributed by atoms with E-state index in [1.807, 2.05) is 42.5 Å². The molecule has 4 rings (SSSR count). The minimum Gasteiger partial charge on any atom is -0.452 e. The lowest BCUT2D eigenvalue weighted by molar-refractivity contribution is 0.171. The topological polar surface area (TPSA) is 98.7 Å². The first-order valence-electron chi connectivity index (χ1n) is 8.71. The van der Waals surface area contributed by atoms with Crippen molar-refractivity contribution in [2.45, 2.75) is 0 Å². The molecule has 0 bridgehead atoms. The summed E-state index contributed by atoms with van der Waals surface area (Å²) in [7, 11) is 1.24. The summed E-state index contributed by atoms with van der Waals surface area (Å²) in [5.74, 6) is 0. The summed E-state index contributed by atoms with van der Waals surface area (Å²) in [5.41, 5.74) is 4.19. The summed E-state index contributed by atoms with van der Waals surface area (Å²) >= 11 is 0. The number of hydrazone groups is 1. The first-order valence-corrected chi connectivity index (χ1v) is 8.71. The van der Waals surface area contributed by atoms with E-state index in [9.17, 15) is 9.59 Å². The smallest absolute Gasteiger partial charge is 0.427 e. The lowest BCUT2D eigenvalue weighted by Gasteiger charge is -2.01. The van der Waals surface area contributed by atoms with Crippen molar-refractivity contribution in [1.29, 1.82) is 0 Å². The number of nitrogens with one attached hydrogen (secondary N) is 1. The zero-order valence-corrected chi connectivity index (χ0v) is 15.4. The number of hydrogen-bond acceptors (Lipinski definition) is 6. The summed E-state index contributed by atoms with van der Waals surface area (Å²) in [6.07, 6.45) is 2.40. The number of carbonyl (C=O) groups is 1. The highest BCUT2D eigenvalue weighted by Gasteiger charge is 2.16. The maximum atomic E-state index is 12.6. The Morgan fingerprint density at radius 3 is 2.72 bits per heavy atom. The number of ether oxygens (including phenoxy) is 1. The van der Waals surface area contributed by atoms with Gasteiger partial charge in [-0.3, -0.25) is 0 Å². The zero-order valence-electron chi connectivity index (χ0n) is 15.4. The summed E-state index contributed by atoms with van der Waals surface area (Å²) in [6, 6.07) is 18.4. The molecule has 1 amide bonds. The van der Waals surface area contributed by atoms with Crippen LogP contribution in [0.15, 0.2) is 81.2 Å². The van der Waals surface area contributed by atoms with Crippen LogP contribution in [0.3, 0.4) is 0 Å². The number of carbonyl (C=O) groups excluding carboxylic acids is 1. The van der Waals surface area contributed by atoms with E-state index in [2.05, 4.69) is 20.4 Å². The minimum atomic E-state index is -0.705. The third kappa shape index (κ3) is 3.77. The maximum absolute atomic E-state index is 12.6. The Kier molecular flexibility index (Phi) is 4.90. The second-order valence-corrected chi connectivity index (χ2v) is 6.06. The molecular weight excluding hydrogens is 372 g/mol. The molecule has 0 atom stereocenters. The van der Waals surface area contributed by atoms with Gasteiger partial charge in [-0.25, -0.2) is 19.7 Å². The van der Waals surface area contributed by atoms with Crippen LogP contribution in [0.1, 0.15) is 5.56 Å². The van der Waals surface area contributed by atoms with Crippen molar-refractivity contribution in [3.8, 4) is 16.9 Å². The van der Waals surface area contributed by atoms with E-state index >= 15 is 0 Å². The van der Waals surface area contributed by atoms with Crippen LogP contribution in [-0.4, -0.2) is 29.2 Å². The van der Waals surface area contributed by atoms with Gasteiger partial charge in [-0.1, -0.05) is 36.4 Å². The quantitative estimate of drug-likeness (QED) is 0.328. The number of fused-ring (bicyclic) bond motifs is 1. The summed E-state index contributed by atoms with van der Waals surface area (Å²) < 4.78 is 11.6. The Labute approximate surface area is 165 Å². The Hall–Kier alpha value is -4.20. The highest BCUT2D eigenvalue weighted by atomic mass is 16.5. The molecule has 0 unspecified atom stereocenters. The van der Waals surface area contributed by atoms with Gasteiger partial charge in [0.1, 0.15) is 11.3 Å². The second-order valence-electron chi connectivity index (χ2n) is 6.06. The predicted octanol–water partition coefficient (Wildman–Crippen LogP) is 3.34. The predicted molar refractivity (Wildman–Crippen MR) is 108 cm³/mol. The highest BCUT2D eigenvalue weighted by Crippen LogP contribution is 2.23. The normalized spacial score (nSPS) is 11.1. The number of hydrogen-bond donors (Lipinski definition) is 1. The van der Waals surface area contributed by atoms with Gasteiger partial charge in [-0.2, -0.15) is 10.2 Å². The number of methoxy groups -OCH3 is 1. The third-order valence-corrected chi connectivity index (χ3v) is 4.20. The average Bonchev–Trinajstić information content (AvgIpc) is 3.17. The molecule has 144 valence electrons. The minimum absolute atomic E-state index is 0.290. The van der Waals surface area contributed by atoms with Gasteiger partial charge in [0.15, 0.2) is 0 Å². The Bertz CT molecular complexity index is 1260. The third-order valence-electron chi connectivity index (χ3n) is 4.20. The van der Waals surface area contributed by atoms with Crippen LogP contribution in [0.2, 0.25) is 0 Å². The number of aromatic nitrogens is 2. The number of para-hydroxylation sites is 2. The first kappa shape index (κ1) is 18.2. The molecule has 0 aliphatic rings. The van der Waals surface area contributed by atoms with E-state index in [1.54, 1.807) is 29.1 Å². The van der Waals surface area contributed by atoms with Gasteiger partial charge in [0.05, 0.1) is 24.6 Å². The summed E-state index contributed by atoms with van der Waals surface area (Å²) in [4.78, 5) is 23.9. The number of benzene rings is 2. The molecule has 0 saturated carbocycles. The molecule has 29 heavy (non-hydrogen) atoms. The van der Waals surface area contributed by atoms with Crippen LogP contribution >= 0.6 is 0 Å². The maximum Gasteiger partial charge on any atom is 0.427 e. The number of amides is 1. The van der Waals surface area contributed by atoms with Crippen LogP contribution in [0.4, 0.5) is 4.79 Å². The molecule has 0 fully saturated rings. The molecule has 0 radical (unpaired) electrons. The Balaban J connectivity index is 1.85. The fourth-order valence-corrected chi connectivity index (χ4v) is 2.83. The highest BCUT2D eigenvalue weighted by molar-refractivity contribution is 5.91. The Morgan fingerprint density at radius 1 is 1.17 bits per heavy atom. The molecule has 0 spiro atoms. The van der Waals surface area contributed by atoms with Crippen LogP contribution in [-0.2, 0) is 4.74 Å². The Morgan fingerprint density at radius 2 is 1.93 bits per heavy atom. The van der Waals surface area contributed by atoms with Crippen molar-refractivity contribution in [2.24, 2.45) is 5.10 Å². The lowest BCUT2D eigenvalue weighted by Crippen LogP contribution is -2.16. The van der Waals surface area contributed by atoms with Gasteiger partial charge in [-0.15, -0.1) is 0 Å². The van der Waals surface area contributed by atoms with E-state index < -0.39 is 11.7 Å². The molecule has 2 aromatic heterocycles. The average molecular weight is 388 g/mol. The fraction of sp³-hybridized carbons (Fsp3) is 0.0476. The molecule has 4 aromatic rings. The SMILES string of the molecule is COC(=O)NN=Cc1cn(-c2ccccc2)nc1-c1cc2ccccc2oc1=O. The van der Waals surface area contributed by atoms with Crippen molar-refractivity contribution < 1.29 is 13.9 Å². The van der Waals surface area contributed by atoms with Crippen LogP contribution < -0.4 is 11.1 Å². The number of rotatable bonds is 4. The first-order chi connectivity index (χ1) is 14.2. The van der Waals surface area contributed by atoms with E-state index in [0.717, 1.165) is 11.1 Å². The molecule has 1 N–H and O–H groups in total. The summed E-state index contributed by atoms with van der Waals surface area (Å²) in [5, 5.41) is 9.19. The molecule has 2 heterocycles. The van der Waals surface area contributed by atoms with Crippen molar-refractivity contribution >= 4 is 23.3 Å². The molecular formula is C21H16N4O4. The van der Waals surface area contributed by atoms with Crippen LogP contribution in [0.25, 0.3) is 27.9 Å². The largest absolute Gasteiger partial charge is 0.452 e. The van der Waals surface area contributed by atoms with Crippen molar-refractivity contribution in [1.82, 2.24) is 15.2 Å². The molecule has 0 aliphatic heterocycles. The molecule has 0 aliphatic carbocycles. The molecule has 2 aromatic carbocycles. The van der Waals surface area contributed by atoms with E-state index in [0.29, 0.717) is 16.8 Å². The lowest BCUT2D eigenvalue weighted by atomic mass is 10.1. The van der Waals surface area contributed by atoms with Crippen LogP contribution in [0, 0.1) is 0 Å². The monoisotopic (exact) mass is 388 g/mol. The van der Waals surface area contributed by atoms with Gasteiger partial charge in [0.25, 0.3) is 0 Å². The van der Waals surface area contributed by atoms with Gasteiger partial charge in [-0.05, 0) is 24.3 Å². The van der Waals surface area contributed by atoms with Gasteiger partial charge in [0, 0.05) is 17.1 Å². The van der Waals surface area contributed by atoms with E-state index in [-0.39, 0.29) is 5.56 Å². The van der Waals surface area contributed by atoms with E-state index in [4.69, 9.17) is 4.42 Å². The summed E-state index contributed by atoms with van der Waals surface area (Å²) in [6.45, 7) is 0. The molecule has 8 heteroatoms. The van der Waals surface area contributed by atoms with Crippen molar-refractivity contribution in [3.63, 3.8) is 0 Å². The van der Waals surface area contributed by atoms with Gasteiger partial charge < -0.3 is 9.15 Å². The molecule has 0 saturated heterocycles.